The first kappa shape index (κ1) is 12.7. The summed E-state index contributed by atoms with van der Waals surface area (Å²) in [5.74, 6) is 0.361. The minimum atomic E-state index is -0.543. The van der Waals surface area contributed by atoms with E-state index in [9.17, 15) is 10.1 Å². The first-order valence-corrected chi connectivity index (χ1v) is 5.00. The van der Waals surface area contributed by atoms with Gasteiger partial charge in [-0.25, -0.2) is 0 Å². The predicted molar refractivity (Wildman–Crippen MR) is 62.7 cm³/mol. The Balaban J connectivity index is 2.83. The summed E-state index contributed by atoms with van der Waals surface area (Å²) in [5.41, 5.74) is 1.03. The lowest BCUT2D eigenvalue weighted by Crippen LogP contribution is -2.00. The quantitative estimate of drug-likeness (QED) is 0.444. The Morgan fingerprint density at radius 1 is 1.65 bits per heavy atom. The van der Waals surface area contributed by atoms with Crippen molar-refractivity contribution >= 4 is 5.69 Å². The van der Waals surface area contributed by atoms with Crippen molar-refractivity contribution in [3.8, 4) is 11.8 Å². The molecule has 17 heavy (non-hydrogen) atoms. The van der Waals surface area contributed by atoms with E-state index < -0.39 is 4.92 Å². The Kier molecular flexibility index (Phi) is 4.23. The molecule has 0 bridgehead atoms. The number of hydrogen-bond acceptors (Lipinski definition) is 4. The lowest BCUT2D eigenvalue weighted by Gasteiger charge is -2.07. The zero-order valence-electron chi connectivity index (χ0n) is 9.47. The highest BCUT2D eigenvalue weighted by Gasteiger charge is 2.11. The van der Waals surface area contributed by atoms with Gasteiger partial charge in [-0.3, -0.25) is 10.1 Å². The number of nitrogens with zero attached hydrogens (tertiary/aromatic N) is 2. The molecule has 0 aliphatic rings. The van der Waals surface area contributed by atoms with Crippen molar-refractivity contribution in [3.05, 3.63) is 46.0 Å². The van der Waals surface area contributed by atoms with Gasteiger partial charge in [0.25, 0.3) is 5.69 Å². The highest BCUT2D eigenvalue weighted by Crippen LogP contribution is 2.23. The molecule has 1 rings (SSSR count). The van der Waals surface area contributed by atoms with Crippen molar-refractivity contribution in [3.63, 3.8) is 0 Å². The Labute approximate surface area is 99.1 Å². The largest absolute Gasteiger partial charge is 0.492 e. The SMILES string of the molecule is C=C(C)CCOc1ccc([N+](=O)[O-])cc1C#N. The van der Waals surface area contributed by atoms with Gasteiger partial charge >= 0.3 is 0 Å². The number of nitriles is 1. The maximum atomic E-state index is 10.5. The third-order valence-electron chi connectivity index (χ3n) is 2.08. The summed E-state index contributed by atoms with van der Waals surface area (Å²) in [6.45, 7) is 6.02. The van der Waals surface area contributed by atoms with Gasteiger partial charge < -0.3 is 4.74 Å². The second-order valence-electron chi connectivity index (χ2n) is 3.60. The highest BCUT2D eigenvalue weighted by atomic mass is 16.6. The van der Waals surface area contributed by atoms with Gasteiger partial charge in [0.2, 0.25) is 0 Å². The lowest BCUT2D eigenvalue weighted by molar-refractivity contribution is -0.384. The molecule has 0 saturated heterocycles. The molecule has 0 aliphatic heterocycles. The van der Waals surface area contributed by atoms with Gasteiger partial charge in [-0.2, -0.15) is 5.26 Å². The number of benzene rings is 1. The summed E-state index contributed by atoms with van der Waals surface area (Å²) in [5, 5.41) is 19.4. The third kappa shape index (κ3) is 3.61. The summed E-state index contributed by atoms with van der Waals surface area (Å²) in [6, 6.07) is 5.84. The Morgan fingerprint density at radius 3 is 2.88 bits per heavy atom. The van der Waals surface area contributed by atoms with Crippen LogP contribution < -0.4 is 4.74 Å². The van der Waals surface area contributed by atoms with Crippen LogP contribution in [0.15, 0.2) is 30.4 Å². The molecule has 0 amide bonds. The average molecular weight is 232 g/mol. The molecule has 5 nitrogen and oxygen atoms in total. The van der Waals surface area contributed by atoms with E-state index in [0.29, 0.717) is 18.8 Å². The minimum absolute atomic E-state index is 0.117. The van der Waals surface area contributed by atoms with Gasteiger partial charge in [0, 0.05) is 18.6 Å². The second-order valence-corrected chi connectivity index (χ2v) is 3.60. The summed E-state index contributed by atoms with van der Waals surface area (Å²) >= 11 is 0. The molecule has 0 heterocycles. The Hall–Kier alpha value is -2.35. The van der Waals surface area contributed by atoms with Gasteiger partial charge in [-0.1, -0.05) is 5.57 Å². The van der Waals surface area contributed by atoms with Crippen molar-refractivity contribution < 1.29 is 9.66 Å². The number of ether oxygens (including phenoxy) is 1. The molecule has 0 unspecified atom stereocenters. The van der Waals surface area contributed by atoms with E-state index >= 15 is 0 Å². The monoisotopic (exact) mass is 232 g/mol. The zero-order chi connectivity index (χ0) is 12.8. The molecule has 0 spiro atoms. The summed E-state index contributed by atoms with van der Waals surface area (Å²) in [6.07, 6.45) is 0.682. The number of non-ortho nitro benzene ring substituents is 1. The molecular weight excluding hydrogens is 220 g/mol. The molecule has 0 aromatic heterocycles. The van der Waals surface area contributed by atoms with Crippen LogP contribution in [0.5, 0.6) is 5.75 Å². The van der Waals surface area contributed by atoms with E-state index in [2.05, 4.69) is 6.58 Å². The Bertz CT molecular complexity index is 489. The molecule has 1 aromatic carbocycles. The van der Waals surface area contributed by atoms with Crippen LogP contribution in [0.25, 0.3) is 0 Å². The average Bonchev–Trinajstić information content (AvgIpc) is 2.28. The molecule has 0 radical (unpaired) electrons. The normalized spacial score (nSPS) is 9.41. The molecule has 88 valence electrons. The molecule has 0 fully saturated rings. The first-order valence-electron chi connectivity index (χ1n) is 5.00. The molecule has 0 N–H and O–H groups in total. The summed E-state index contributed by atoms with van der Waals surface area (Å²) in [4.78, 5) is 9.98. The first-order chi connectivity index (χ1) is 8.04. The molecule has 5 heteroatoms. The van der Waals surface area contributed by atoms with Gasteiger partial charge in [-0.15, -0.1) is 6.58 Å². The number of nitro benzene ring substituents is 1. The van der Waals surface area contributed by atoms with Crippen LogP contribution in [0.4, 0.5) is 5.69 Å². The highest BCUT2D eigenvalue weighted by molar-refractivity contribution is 5.50. The van der Waals surface area contributed by atoms with E-state index in [1.807, 2.05) is 13.0 Å². The summed E-state index contributed by atoms with van der Waals surface area (Å²) < 4.78 is 5.37. The van der Waals surface area contributed by atoms with Gasteiger partial charge in [0.15, 0.2) is 0 Å². The van der Waals surface area contributed by atoms with Gasteiger partial charge in [0.05, 0.1) is 11.5 Å². The zero-order valence-corrected chi connectivity index (χ0v) is 9.47. The summed E-state index contributed by atoms with van der Waals surface area (Å²) in [7, 11) is 0. The van der Waals surface area contributed by atoms with Crippen molar-refractivity contribution in [2.45, 2.75) is 13.3 Å². The van der Waals surface area contributed by atoms with Crippen LogP contribution in [-0.4, -0.2) is 11.5 Å². The van der Waals surface area contributed by atoms with E-state index in [4.69, 9.17) is 10.00 Å². The van der Waals surface area contributed by atoms with Crippen LogP contribution >= 0.6 is 0 Å². The molecule has 0 atom stereocenters. The van der Waals surface area contributed by atoms with Crippen LogP contribution in [-0.2, 0) is 0 Å². The number of nitro groups is 1. The van der Waals surface area contributed by atoms with Crippen molar-refractivity contribution in [1.29, 1.82) is 5.26 Å². The van der Waals surface area contributed by atoms with Gasteiger partial charge in [0.1, 0.15) is 17.4 Å². The van der Waals surface area contributed by atoms with E-state index in [0.717, 1.165) is 5.57 Å². The Morgan fingerprint density at radius 2 is 2.35 bits per heavy atom. The minimum Gasteiger partial charge on any atom is -0.492 e. The molecule has 0 aliphatic carbocycles. The molecule has 1 aromatic rings. The predicted octanol–water partition coefficient (Wildman–Crippen LogP) is 2.81. The molecular formula is C12H12N2O3. The van der Waals surface area contributed by atoms with Gasteiger partial charge in [-0.05, 0) is 13.0 Å². The van der Waals surface area contributed by atoms with Crippen molar-refractivity contribution in [2.75, 3.05) is 6.61 Å². The van der Waals surface area contributed by atoms with Crippen molar-refractivity contribution in [1.82, 2.24) is 0 Å². The van der Waals surface area contributed by atoms with E-state index in [1.54, 1.807) is 0 Å². The standard InChI is InChI=1S/C12H12N2O3/c1-9(2)5-6-17-12-4-3-11(14(15)16)7-10(12)8-13/h3-4,7H,1,5-6H2,2H3. The van der Waals surface area contributed by atoms with E-state index in [1.165, 1.54) is 18.2 Å². The third-order valence-corrected chi connectivity index (χ3v) is 2.08. The maximum absolute atomic E-state index is 10.5. The van der Waals surface area contributed by atoms with E-state index in [-0.39, 0.29) is 11.3 Å². The van der Waals surface area contributed by atoms with Crippen LogP contribution in [0.3, 0.4) is 0 Å². The topological polar surface area (TPSA) is 76.2 Å². The van der Waals surface area contributed by atoms with Crippen LogP contribution in [0.2, 0.25) is 0 Å². The maximum Gasteiger partial charge on any atom is 0.271 e. The number of rotatable bonds is 5. The fourth-order valence-corrected chi connectivity index (χ4v) is 1.18. The lowest BCUT2D eigenvalue weighted by atomic mass is 10.2. The smallest absolute Gasteiger partial charge is 0.271 e. The fourth-order valence-electron chi connectivity index (χ4n) is 1.18. The fraction of sp³-hybridized carbons (Fsp3) is 0.250. The van der Waals surface area contributed by atoms with Crippen LogP contribution in [0.1, 0.15) is 18.9 Å². The second kappa shape index (κ2) is 5.66. The van der Waals surface area contributed by atoms with Crippen LogP contribution in [0, 0.1) is 21.4 Å². The molecule has 0 saturated carbocycles. The van der Waals surface area contributed by atoms with Crippen molar-refractivity contribution in [2.24, 2.45) is 0 Å². The number of hydrogen-bond donors (Lipinski definition) is 0.